The number of anilines is 1. The molecule has 0 aliphatic carbocycles. The van der Waals surface area contributed by atoms with Gasteiger partial charge in [-0.25, -0.2) is 9.48 Å². The number of esters is 1. The van der Waals surface area contributed by atoms with Gasteiger partial charge in [-0.3, -0.25) is 25.0 Å². The Bertz CT molecular complexity index is 1170. The highest BCUT2D eigenvalue weighted by atomic mass is 16.6. The molecule has 12 nitrogen and oxygen atoms in total. The average molecular weight is 439 g/mol. The van der Waals surface area contributed by atoms with Crippen LogP contribution in [0.1, 0.15) is 26.4 Å². The standard InChI is InChI=1S/C20H17N5O7/c1-13-12-18(21-19(26)14-2-6-16(7-3-14)24(28)29)23(22-13)10-11-32-20(27)15-4-8-17(9-5-15)25(30)31/h2-9,12H,10-11H2,1H3,(H,21,26). The van der Waals surface area contributed by atoms with Crippen molar-refractivity contribution in [3.05, 3.63) is 91.6 Å². The van der Waals surface area contributed by atoms with E-state index in [-0.39, 0.29) is 35.7 Å². The molecule has 1 heterocycles. The number of non-ortho nitro benzene ring substituents is 2. The van der Waals surface area contributed by atoms with Crippen molar-refractivity contribution in [3.63, 3.8) is 0 Å². The van der Waals surface area contributed by atoms with Gasteiger partial charge in [0.1, 0.15) is 12.4 Å². The molecule has 0 unspecified atom stereocenters. The highest BCUT2D eigenvalue weighted by molar-refractivity contribution is 6.04. The van der Waals surface area contributed by atoms with Gasteiger partial charge < -0.3 is 10.1 Å². The molecule has 0 fully saturated rings. The Hall–Kier alpha value is -4.61. The number of carbonyl (C=O) groups is 2. The number of carbonyl (C=O) groups excluding carboxylic acids is 2. The van der Waals surface area contributed by atoms with Crippen molar-refractivity contribution in [2.24, 2.45) is 0 Å². The maximum Gasteiger partial charge on any atom is 0.338 e. The summed E-state index contributed by atoms with van der Waals surface area (Å²) < 4.78 is 6.62. The third kappa shape index (κ3) is 5.30. The van der Waals surface area contributed by atoms with Crippen LogP contribution in [0.4, 0.5) is 17.2 Å². The number of nitro groups is 2. The van der Waals surface area contributed by atoms with Crippen molar-refractivity contribution in [3.8, 4) is 0 Å². The number of benzene rings is 2. The van der Waals surface area contributed by atoms with E-state index in [4.69, 9.17) is 4.74 Å². The second-order valence-electron chi connectivity index (χ2n) is 6.59. The van der Waals surface area contributed by atoms with Gasteiger partial charge >= 0.3 is 5.97 Å². The molecule has 0 saturated heterocycles. The smallest absolute Gasteiger partial charge is 0.338 e. The topological polar surface area (TPSA) is 160 Å². The zero-order valence-corrected chi connectivity index (χ0v) is 16.8. The summed E-state index contributed by atoms with van der Waals surface area (Å²) in [6.45, 7) is 1.81. The number of amides is 1. The molecule has 0 spiro atoms. The molecular weight excluding hydrogens is 422 g/mol. The predicted molar refractivity (Wildman–Crippen MR) is 111 cm³/mol. The Morgan fingerprint density at radius 3 is 2.03 bits per heavy atom. The maximum atomic E-state index is 12.4. The molecule has 1 aromatic heterocycles. The van der Waals surface area contributed by atoms with Crippen molar-refractivity contribution in [1.82, 2.24) is 9.78 Å². The van der Waals surface area contributed by atoms with Crippen LogP contribution in [-0.4, -0.2) is 38.1 Å². The Morgan fingerprint density at radius 2 is 1.50 bits per heavy atom. The van der Waals surface area contributed by atoms with E-state index in [1.165, 1.54) is 53.2 Å². The molecule has 3 aromatic rings. The number of ether oxygens (including phenoxy) is 1. The number of aromatic nitrogens is 2. The van der Waals surface area contributed by atoms with Crippen LogP contribution in [-0.2, 0) is 11.3 Å². The van der Waals surface area contributed by atoms with Crippen LogP contribution in [0.5, 0.6) is 0 Å². The number of nitro benzene ring substituents is 2. The van der Waals surface area contributed by atoms with Gasteiger partial charge in [0.2, 0.25) is 0 Å². The van der Waals surface area contributed by atoms with Crippen LogP contribution in [0.25, 0.3) is 0 Å². The molecule has 12 heteroatoms. The fourth-order valence-electron chi connectivity index (χ4n) is 2.77. The zero-order valence-electron chi connectivity index (χ0n) is 16.8. The summed E-state index contributed by atoms with van der Waals surface area (Å²) in [6.07, 6.45) is 0. The van der Waals surface area contributed by atoms with Gasteiger partial charge in [0, 0.05) is 35.9 Å². The number of rotatable bonds is 8. The van der Waals surface area contributed by atoms with Crippen LogP contribution >= 0.6 is 0 Å². The summed E-state index contributed by atoms with van der Waals surface area (Å²) in [5.41, 5.74) is 0.745. The van der Waals surface area contributed by atoms with E-state index in [1.54, 1.807) is 13.0 Å². The summed E-state index contributed by atoms with van der Waals surface area (Å²) in [4.78, 5) is 44.8. The third-order valence-electron chi connectivity index (χ3n) is 4.33. The van der Waals surface area contributed by atoms with E-state index in [0.29, 0.717) is 11.5 Å². The molecule has 1 N–H and O–H groups in total. The first-order valence-corrected chi connectivity index (χ1v) is 9.26. The highest BCUT2D eigenvalue weighted by Crippen LogP contribution is 2.16. The lowest BCUT2D eigenvalue weighted by molar-refractivity contribution is -0.385. The predicted octanol–water partition coefficient (Wildman–Crippen LogP) is 3.12. The van der Waals surface area contributed by atoms with Gasteiger partial charge in [-0.05, 0) is 31.2 Å². The second-order valence-corrected chi connectivity index (χ2v) is 6.59. The number of hydrogen-bond donors (Lipinski definition) is 1. The first-order chi connectivity index (χ1) is 15.2. The first-order valence-electron chi connectivity index (χ1n) is 9.26. The molecule has 3 rings (SSSR count). The molecular formula is C20H17N5O7. The SMILES string of the molecule is Cc1cc(NC(=O)c2ccc([N+](=O)[O-])cc2)n(CCOC(=O)c2ccc([N+](=O)[O-])cc2)n1. The van der Waals surface area contributed by atoms with E-state index in [9.17, 15) is 29.8 Å². The van der Waals surface area contributed by atoms with E-state index in [0.717, 1.165) is 0 Å². The molecule has 0 saturated carbocycles. The first kappa shape index (κ1) is 22.1. The number of aryl methyl sites for hydroxylation is 1. The van der Waals surface area contributed by atoms with Gasteiger partial charge in [-0.1, -0.05) is 0 Å². The molecule has 2 aromatic carbocycles. The number of nitrogens with zero attached hydrogens (tertiary/aromatic N) is 4. The summed E-state index contributed by atoms with van der Waals surface area (Å²) in [6, 6.07) is 11.8. The lowest BCUT2D eigenvalue weighted by Crippen LogP contribution is -2.18. The minimum absolute atomic E-state index is 0.0582. The largest absolute Gasteiger partial charge is 0.460 e. The summed E-state index contributed by atoms with van der Waals surface area (Å²) in [5, 5.41) is 28.3. The monoisotopic (exact) mass is 439 g/mol. The molecule has 0 aliphatic heterocycles. The van der Waals surface area contributed by atoms with Gasteiger partial charge in [-0.2, -0.15) is 5.10 Å². The molecule has 0 atom stereocenters. The molecule has 0 aliphatic rings. The number of hydrogen-bond acceptors (Lipinski definition) is 8. The van der Waals surface area contributed by atoms with Crippen LogP contribution in [0.3, 0.4) is 0 Å². The van der Waals surface area contributed by atoms with Gasteiger partial charge in [-0.15, -0.1) is 0 Å². The molecule has 32 heavy (non-hydrogen) atoms. The van der Waals surface area contributed by atoms with Crippen molar-refractivity contribution >= 4 is 29.1 Å². The Kier molecular flexibility index (Phi) is 6.53. The molecule has 1 amide bonds. The van der Waals surface area contributed by atoms with Crippen LogP contribution in [0, 0.1) is 27.2 Å². The molecule has 0 bridgehead atoms. The lowest BCUT2D eigenvalue weighted by atomic mass is 10.2. The summed E-state index contributed by atoms with van der Waals surface area (Å²) in [7, 11) is 0. The van der Waals surface area contributed by atoms with Crippen molar-refractivity contribution < 1.29 is 24.2 Å². The van der Waals surface area contributed by atoms with E-state index < -0.39 is 21.7 Å². The van der Waals surface area contributed by atoms with Gasteiger partial charge in [0.25, 0.3) is 17.3 Å². The maximum absolute atomic E-state index is 12.4. The van der Waals surface area contributed by atoms with Crippen molar-refractivity contribution in [1.29, 1.82) is 0 Å². The minimum Gasteiger partial charge on any atom is -0.460 e. The fraction of sp³-hybridized carbons (Fsp3) is 0.150. The van der Waals surface area contributed by atoms with Gasteiger partial charge in [0.15, 0.2) is 0 Å². The van der Waals surface area contributed by atoms with E-state index in [2.05, 4.69) is 10.4 Å². The van der Waals surface area contributed by atoms with E-state index in [1.807, 2.05) is 0 Å². The number of nitrogens with one attached hydrogen (secondary N) is 1. The quantitative estimate of drug-likeness (QED) is 0.318. The Morgan fingerprint density at radius 1 is 0.969 bits per heavy atom. The van der Waals surface area contributed by atoms with Crippen molar-refractivity contribution in [2.45, 2.75) is 13.5 Å². The van der Waals surface area contributed by atoms with Crippen LogP contribution < -0.4 is 5.32 Å². The highest BCUT2D eigenvalue weighted by Gasteiger charge is 2.14. The van der Waals surface area contributed by atoms with Crippen LogP contribution in [0.2, 0.25) is 0 Å². The third-order valence-corrected chi connectivity index (χ3v) is 4.33. The zero-order chi connectivity index (χ0) is 23.3. The summed E-state index contributed by atoms with van der Waals surface area (Å²) in [5.74, 6) is -0.776. The second kappa shape index (κ2) is 9.47. The van der Waals surface area contributed by atoms with E-state index >= 15 is 0 Å². The fourth-order valence-corrected chi connectivity index (χ4v) is 2.77. The Labute approximate surface area is 180 Å². The van der Waals surface area contributed by atoms with Crippen molar-refractivity contribution in [2.75, 3.05) is 11.9 Å². The lowest BCUT2D eigenvalue weighted by Gasteiger charge is -2.10. The average Bonchev–Trinajstić information content (AvgIpc) is 3.12. The van der Waals surface area contributed by atoms with Gasteiger partial charge in [0.05, 0.1) is 27.6 Å². The summed E-state index contributed by atoms with van der Waals surface area (Å²) >= 11 is 0. The molecule has 0 radical (unpaired) electrons. The molecule has 164 valence electrons. The van der Waals surface area contributed by atoms with Crippen LogP contribution in [0.15, 0.2) is 54.6 Å². The Balaban J connectivity index is 1.60. The normalized spacial score (nSPS) is 10.4. The minimum atomic E-state index is -0.653.